The van der Waals surface area contributed by atoms with Crippen LogP contribution in [0.1, 0.15) is 27.7 Å². The Morgan fingerprint density at radius 3 is 2.53 bits per heavy atom. The Morgan fingerprint density at radius 1 is 1.53 bits per heavy atom. The van der Waals surface area contributed by atoms with Crippen LogP contribution in [0.3, 0.4) is 0 Å². The molecule has 17 heavy (non-hydrogen) atoms. The van der Waals surface area contributed by atoms with E-state index in [2.05, 4.69) is 4.74 Å². The highest BCUT2D eigenvalue weighted by molar-refractivity contribution is 6.08. The lowest BCUT2D eigenvalue weighted by Gasteiger charge is -2.23. The van der Waals surface area contributed by atoms with Crippen LogP contribution >= 0.6 is 0 Å². The van der Waals surface area contributed by atoms with Gasteiger partial charge in [0.05, 0.1) is 13.2 Å². The van der Waals surface area contributed by atoms with Gasteiger partial charge in [-0.2, -0.15) is 0 Å². The molecule has 0 amide bonds. The predicted octanol–water partition coefficient (Wildman–Crippen LogP) is 0.0211. The molecule has 1 saturated heterocycles. The fourth-order valence-electron chi connectivity index (χ4n) is 1.50. The third-order valence-corrected chi connectivity index (χ3v) is 2.45. The van der Waals surface area contributed by atoms with Crippen molar-refractivity contribution in [2.45, 2.75) is 45.2 Å². The monoisotopic (exact) mass is 246 g/mol. The van der Waals surface area contributed by atoms with Crippen LogP contribution in [0.4, 0.5) is 0 Å². The Hall–Kier alpha value is -0.980. The van der Waals surface area contributed by atoms with Crippen LogP contribution in [0, 0.1) is 0 Å². The number of aliphatic hydroxyl groups is 1. The molecule has 0 aromatic carbocycles. The van der Waals surface area contributed by atoms with Gasteiger partial charge in [-0.3, -0.25) is 4.79 Å². The summed E-state index contributed by atoms with van der Waals surface area (Å²) in [5.41, 5.74) is -2.20. The minimum absolute atomic E-state index is 0.0153. The molecule has 1 rings (SSSR count). The van der Waals surface area contributed by atoms with E-state index >= 15 is 0 Å². The van der Waals surface area contributed by atoms with Crippen molar-refractivity contribution in [1.82, 2.24) is 0 Å². The number of carbonyl (C=O) groups is 2. The maximum absolute atomic E-state index is 11.9. The number of Topliss-reactive ketones (excluding diaryl/α,β-unsaturated/α-hetero) is 1. The minimum Gasteiger partial charge on any atom is -0.464 e. The molecule has 0 radical (unpaired) electrons. The second-order valence-electron chi connectivity index (χ2n) is 4.47. The lowest BCUT2D eigenvalue weighted by Crippen LogP contribution is -2.50. The van der Waals surface area contributed by atoms with Gasteiger partial charge in [-0.25, -0.2) is 4.79 Å². The average molecular weight is 246 g/mol. The molecule has 1 unspecified atom stereocenters. The Morgan fingerprint density at radius 2 is 2.12 bits per heavy atom. The van der Waals surface area contributed by atoms with Crippen LogP contribution < -0.4 is 0 Å². The Labute approximate surface area is 99.8 Å². The van der Waals surface area contributed by atoms with Gasteiger partial charge in [-0.1, -0.05) is 0 Å². The summed E-state index contributed by atoms with van der Waals surface area (Å²) in [4.78, 5) is 23.4. The van der Waals surface area contributed by atoms with E-state index in [0.717, 1.165) is 6.92 Å². The third kappa shape index (κ3) is 3.02. The van der Waals surface area contributed by atoms with Crippen molar-refractivity contribution in [3.63, 3.8) is 0 Å². The zero-order valence-electron chi connectivity index (χ0n) is 10.5. The van der Waals surface area contributed by atoms with Gasteiger partial charge < -0.3 is 19.3 Å². The zero-order valence-corrected chi connectivity index (χ0v) is 10.5. The second kappa shape index (κ2) is 4.72. The quantitative estimate of drug-likeness (QED) is 0.556. The smallest absolute Gasteiger partial charge is 0.345 e. The minimum atomic E-state index is -2.20. The van der Waals surface area contributed by atoms with Crippen LogP contribution in [0.2, 0.25) is 0 Å². The molecule has 0 aliphatic carbocycles. The lowest BCUT2D eigenvalue weighted by molar-refractivity contribution is -0.177. The van der Waals surface area contributed by atoms with Gasteiger partial charge in [0.2, 0.25) is 11.4 Å². The molecule has 6 heteroatoms. The van der Waals surface area contributed by atoms with E-state index in [1.54, 1.807) is 20.8 Å². The molecule has 1 fully saturated rings. The van der Waals surface area contributed by atoms with Crippen molar-refractivity contribution in [3.05, 3.63) is 0 Å². The van der Waals surface area contributed by atoms with Crippen LogP contribution in [0.15, 0.2) is 0 Å². The summed E-state index contributed by atoms with van der Waals surface area (Å²) in [5.74, 6) is -2.61. The van der Waals surface area contributed by atoms with Crippen LogP contribution in [0.5, 0.6) is 0 Å². The van der Waals surface area contributed by atoms with Gasteiger partial charge in [-0.15, -0.1) is 0 Å². The molecule has 0 bridgehead atoms. The molecule has 0 aromatic rings. The van der Waals surface area contributed by atoms with E-state index in [-0.39, 0.29) is 13.2 Å². The number of carbonyl (C=O) groups excluding carboxylic acids is 2. The second-order valence-corrected chi connectivity index (χ2v) is 4.47. The Bertz CT molecular complexity index is 320. The van der Waals surface area contributed by atoms with Gasteiger partial charge >= 0.3 is 5.97 Å². The third-order valence-electron chi connectivity index (χ3n) is 2.45. The molecule has 0 saturated carbocycles. The molecule has 1 aliphatic heterocycles. The first kappa shape index (κ1) is 14.1. The van der Waals surface area contributed by atoms with Crippen molar-refractivity contribution in [2.75, 3.05) is 13.2 Å². The predicted molar refractivity (Wildman–Crippen MR) is 57.2 cm³/mol. The highest BCUT2D eigenvalue weighted by atomic mass is 16.7. The topological polar surface area (TPSA) is 82.1 Å². The molecule has 0 aromatic heterocycles. The standard InChI is InChI=1S/C11H18O6/c1-5-15-9(13)11(4,14)8(12)7-6-16-10(2,3)17-7/h7,14H,5-6H2,1-4H3/t7-,11?/m1/s1. The maximum Gasteiger partial charge on any atom is 0.345 e. The van der Waals surface area contributed by atoms with Crippen molar-refractivity contribution in [3.8, 4) is 0 Å². The number of ketones is 1. The highest BCUT2D eigenvalue weighted by Gasteiger charge is 2.48. The molecule has 98 valence electrons. The SMILES string of the molecule is CCOC(=O)C(C)(O)C(=O)[C@H]1COC(C)(C)O1. The maximum atomic E-state index is 11.9. The first-order chi connectivity index (χ1) is 7.70. The van der Waals surface area contributed by atoms with E-state index in [0.29, 0.717) is 0 Å². The summed E-state index contributed by atoms with van der Waals surface area (Å²) in [6.07, 6.45) is -0.954. The zero-order chi connectivity index (χ0) is 13.3. The summed E-state index contributed by atoms with van der Waals surface area (Å²) >= 11 is 0. The normalized spacial score (nSPS) is 26.3. The summed E-state index contributed by atoms with van der Waals surface area (Å²) in [6, 6.07) is 0. The number of ether oxygens (including phenoxy) is 3. The number of esters is 1. The summed E-state index contributed by atoms with van der Waals surface area (Å²) in [6.45, 7) is 6.11. The van der Waals surface area contributed by atoms with E-state index in [1.165, 1.54) is 0 Å². The van der Waals surface area contributed by atoms with Crippen molar-refractivity contribution in [2.24, 2.45) is 0 Å². The number of hydrogen-bond donors (Lipinski definition) is 1. The van der Waals surface area contributed by atoms with Gasteiger partial charge in [0, 0.05) is 0 Å². The molecule has 6 nitrogen and oxygen atoms in total. The highest BCUT2D eigenvalue weighted by Crippen LogP contribution is 2.25. The molecule has 1 aliphatic rings. The number of rotatable bonds is 4. The molecular weight excluding hydrogens is 228 g/mol. The van der Waals surface area contributed by atoms with Crippen molar-refractivity contribution < 1.29 is 28.9 Å². The average Bonchev–Trinajstić information content (AvgIpc) is 2.58. The Balaban J connectivity index is 2.73. The van der Waals surface area contributed by atoms with Crippen LogP contribution in [-0.4, -0.2) is 47.6 Å². The lowest BCUT2D eigenvalue weighted by atomic mass is 9.97. The fourth-order valence-corrected chi connectivity index (χ4v) is 1.50. The first-order valence-electron chi connectivity index (χ1n) is 5.46. The van der Waals surface area contributed by atoms with Gasteiger partial charge in [0.25, 0.3) is 0 Å². The largest absolute Gasteiger partial charge is 0.464 e. The first-order valence-corrected chi connectivity index (χ1v) is 5.46. The van der Waals surface area contributed by atoms with Crippen molar-refractivity contribution >= 4 is 11.8 Å². The van der Waals surface area contributed by atoms with Gasteiger partial charge in [0.1, 0.15) is 6.10 Å². The van der Waals surface area contributed by atoms with Gasteiger partial charge in [0.15, 0.2) is 5.79 Å². The van der Waals surface area contributed by atoms with Crippen molar-refractivity contribution in [1.29, 1.82) is 0 Å². The van der Waals surface area contributed by atoms with E-state index in [9.17, 15) is 14.7 Å². The molecule has 0 spiro atoms. The summed E-state index contributed by atoms with van der Waals surface area (Å²) in [5, 5.41) is 9.85. The Kier molecular flexibility index (Phi) is 3.91. The number of hydrogen-bond acceptors (Lipinski definition) is 6. The molecule has 2 atom stereocenters. The van der Waals surface area contributed by atoms with E-state index in [4.69, 9.17) is 9.47 Å². The van der Waals surface area contributed by atoms with Gasteiger partial charge in [-0.05, 0) is 27.7 Å². The van der Waals surface area contributed by atoms with E-state index in [1.807, 2.05) is 0 Å². The summed E-state index contributed by atoms with van der Waals surface area (Å²) in [7, 11) is 0. The van der Waals surface area contributed by atoms with Crippen LogP contribution in [-0.2, 0) is 23.8 Å². The summed E-state index contributed by atoms with van der Waals surface area (Å²) < 4.78 is 15.1. The van der Waals surface area contributed by atoms with E-state index < -0.39 is 29.2 Å². The fraction of sp³-hybridized carbons (Fsp3) is 0.818. The van der Waals surface area contributed by atoms with Crippen LogP contribution in [0.25, 0.3) is 0 Å². The molecular formula is C11H18O6. The molecule has 1 heterocycles. The molecule has 1 N–H and O–H groups in total.